The maximum atomic E-state index is 14.3. The number of carboxylic acid groups (broad SMARTS) is 1. The first-order chi connectivity index (χ1) is 17.4. The number of hydrogen-bond acceptors (Lipinski definition) is 3. The Hall–Kier alpha value is -4.71. The fourth-order valence-corrected chi connectivity index (χ4v) is 4.47. The van der Waals surface area contributed by atoms with Gasteiger partial charge in [-0.15, -0.1) is 0 Å². The number of aromatic carboxylic acids is 1. The average Bonchev–Trinajstić information content (AvgIpc) is 2.91. The number of primary amides is 1. The molecule has 4 aromatic rings. The van der Waals surface area contributed by atoms with Gasteiger partial charge in [-0.1, -0.05) is 103 Å². The quantitative estimate of drug-likeness (QED) is 0.317. The third kappa shape index (κ3) is 4.88. The van der Waals surface area contributed by atoms with Crippen molar-refractivity contribution in [3.63, 3.8) is 0 Å². The van der Waals surface area contributed by atoms with Gasteiger partial charge in [-0.3, -0.25) is 9.59 Å². The van der Waals surface area contributed by atoms with E-state index in [0.29, 0.717) is 5.56 Å². The number of rotatable bonds is 9. The zero-order valence-electron chi connectivity index (χ0n) is 19.5. The van der Waals surface area contributed by atoms with Gasteiger partial charge in [0.1, 0.15) is 11.5 Å². The standard InChI is InChI=1S/C30H26N2O4/c31-27(33)26(20-21-16-18-22(19-17-21)28(34)35)32-29(36)30(23-10-4-1-5-11-23,24-12-6-2-7-13-24)25-14-8-3-9-15-25/h1-19,26H,20H2,(H2,31,33)(H,32,36)(H,34,35)/t26-/m1/s1. The van der Waals surface area contributed by atoms with Crippen molar-refractivity contribution in [2.75, 3.05) is 0 Å². The van der Waals surface area contributed by atoms with Crippen LogP contribution in [0.3, 0.4) is 0 Å². The van der Waals surface area contributed by atoms with E-state index < -0.39 is 29.2 Å². The molecule has 0 aliphatic carbocycles. The normalized spacial score (nSPS) is 11.9. The Labute approximate surface area is 209 Å². The number of carboxylic acids is 1. The van der Waals surface area contributed by atoms with E-state index in [1.54, 1.807) is 12.1 Å². The minimum atomic E-state index is -1.25. The summed E-state index contributed by atoms with van der Waals surface area (Å²) in [5, 5.41) is 12.1. The third-order valence-corrected chi connectivity index (χ3v) is 6.25. The molecule has 0 saturated heterocycles. The van der Waals surface area contributed by atoms with Gasteiger partial charge in [-0.05, 0) is 34.4 Å². The molecule has 6 heteroatoms. The van der Waals surface area contributed by atoms with Crippen LogP contribution in [0.15, 0.2) is 115 Å². The van der Waals surface area contributed by atoms with Crippen LogP contribution in [0.2, 0.25) is 0 Å². The zero-order chi connectivity index (χ0) is 25.5. The van der Waals surface area contributed by atoms with Gasteiger partial charge in [-0.2, -0.15) is 0 Å². The number of amides is 2. The number of nitrogens with two attached hydrogens (primary N) is 1. The molecule has 0 spiro atoms. The first kappa shape index (κ1) is 24.4. The summed E-state index contributed by atoms with van der Waals surface area (Å²) in [6, 6.07) is 33.4. The Morgan fingerprint density at radius 1 is 0.694 bits per heavy atom. The van der Waals surface area contributed by atoms with Gasteiger partial charge in [0.2, 0.25) is 11.8 Å². The molecule has 0 heterocycles. The number of carbonyl (C=O) groups is 3. The van der Waals surface area contributed by atoms with Crippen molar-refractivity contribution in [2.45, 2.75) is 17.9 Å². The van der Waals surface area contributed by atoms with Gasteiger partial charge in [0.05, 0.1) is 5.56 Å². The van der Waals surface area contributed by atoms with Gasteiger partial charge in [-0.25, -0.2) is 4.79 Å². The van der Waals surface area contributed by atoms with E-state index in [0.717, 1.165) is 16.7 Å². The SMILES string of the molecule is NC(=O)[C@@H](Cc1ccc(C(=O)O)cc1)NC(=O)C(c1ccccc1)(c1ccccc1)c1ccccc1. The lowest BCUT2D eigenvalue weighted by atomic mass is 9.68. The van der Waals surface area contributed by atoms with Crippen LogP contribution in [-0.4, -0.2) is 28.9 Å². The van der Waals surface area contributed by atoms with Crippen LogP contribution in [0, 0.1) is 0 Å². The molecule has 0 bridgehead atoms. The third-order valence-electron chi connectivity index (χ3n) is 6.25. The molecule has 0 aliphatic heterocycles. The fourth-order valence-electron chi connectivity index (χ4n) is 4.47. The van der Waals surface area contributed by atoms with Crippen LogP contribution in [0.4, 0.5) is 0 Å². The fraction of sp³-hybridized carbons (Fsp3) is 0.100. The molecule has 180 valence electrons. The summed E-state index contributed by atoms with van der Waals surface area (Å²) in [6.45, 7) is 0. The van der Waals surface area contributed by atoms with Crippen molar-refractivity contribution in [1.29, 1.82) is 0 Å². The summed E-state index contributed by atoms with van der Waals surface area (Å²) in [5.74, 6) is -2.12. The van der Waals surface area contributed by atoms with Crippen LogP contribution < -0.4 is 11.1 Å². The van der Waals surface area contributed by atoms with Gasteiger partial charge < -0.3 is 16.2 Å². The van der Waals surface area contributed by atoms with Crippen molar-refractivity contribution in [3.8, 4) is 0 Å². The van der Waals surface area contributed by atoms with Gasteiger partial charge in [0.25, 0.3) is 0 Å². The summed E-state index contributed by atoms with van der Waals surface area (Å²) >= 11 is 0. The Balaban J connectivity index is 1.79. The van der Waals surface area contributed by atoms with E-state index in [2.05, 4.69) is 5.32 Å². The highest BCUT2D eigenvalue weighted by molar-refractivity contribution is 5.98. The Morgan fingerprint density at radius 2 is 1.11 bits per heavy atom. The smallest absolute Gasteiger partial charge is 0.335 e. The van der Waals surface area contributed by atoms with Gasteiger partial charge in [0, 0.05) is 6.42 Å². The lowest BCUT2D eigenvalue weighted by Gasteiger charge is -2.35. The van der Waals surface area contributed by atoms with E-state index in [9.17, 15) is 14.4 Å². The molecule has 1 atom stereocenters. The summed E-state index contributed by atoms with van der Waals surface area (Å²) in [6.07, 6.45) is 0.120. The van der Waals surface area contributed by atoms with Crippen molar-refractivity contribution in [1.82, 2.24) is 5.32 Å². The molecule has 0 aliphatic rings. The number of nitrogens with one attached hydrogen (secondary N) is 1. The maximum absolute atomic E-state index is 14.3. The Kier molecular flexibility index (Phi) is 7.25. The van der Waals surface area contributed by atoms with Crippen LogP contribution in [0.25, 0.3) is 0 Å². The number of benzene rings is 4. The summed E-state index contributed by atoms with van der Waals surface area (Å²) in [4.78, 5) is 38.0. The Morgan fingerprint density at radius 3 is 1.47 bits per heavy atom. The van der Waals surface area contributed by atoms with E-state index >= 15 is 0 Å². The second-order valence-corrected chi connectivity index (χ2v) is 8.48. The van der Waals surface area contributed by atoms with Crippen LogP contribution in [0.1, 0.15) is 32.6 Å². The lowest BCUT2D eigenvalue weighted by molar-refractivity contribution is -0.129. The van der Waals surface area contributed by atoms with Gasteiger partial charge >= 0.3 is 5.97 Å². The van der Waals surface area contributed by atoms with Crippen LogP contribution in [0.5, 0.6) is 0 Å². The van der Waals surface area contributed by atoms with Crippen molar-refractivity contribution >= 4 is 17.8 Å². The molecule has 36 heavy (non-hydrogen) atoms. The number of carbonyl (C=O) groups excluding carboxylic acids is 2. The second-order valence-electron chi connectivity index (χ2n) is 8.48. The molecule has 0 fully saturated rings. The molecular formula is C30H26N2O4. The van der Waals surface area contributed by atoms with E-state index in [4.69, 9.17) is 10.8 Å². The minimum Gasteiger partial charge on any atom is -0.478 e. The molecule has 2 amide bonds. The van der Waals surface area contributed by atoms with Gasteiger partial charge in [0.15, 0.2) is 0 Å². The second kappa shape index (κ2) is 10.7. The molecule has 0 unspecified atom stereocenters. The largest absolute Gasteiger partial charge is 0.478 e. The molecule has 6 nitrogen and oxygen atoms in total. The molecule has 4 N–H and O–H groups in total. The molecular weight excluding hydrogens is 452 g/mol. The molecule has 4 rings (SSSR count). The molecule has 0 saturated carbocycles. The average molecular weight is 479 g/mol. The van der Waals surface area contributed by atoms with Crippen molar-refractivity contribution in [3.05, 3.63) is 143 Å². The van der Waals surface area contributed by atoms with E-state index in [-0.39, 0.29) is 12.0 Å². The topological polar surface area (TPSA) is 109 Å². The van der Waals surface area contributed by atoms with Crippen LogP contribution >= 0.6 is 0 Å². The summed E-state index contributed by atoms with van der Waals surface area (Å²) in [5.41, 5.74) is 7.52. The predicted molar refractivity (Wildman–Crippen MR) is 137 cm³/mol. The highest BCUT2D eigenvalue weighted by atomic mass is 16.4. The highest BCUT2D eigenvalue weighted by Gasteiger charge is 2.44. The van der Waals surface area contributed by atoms with E-state index in [1.165, 1.54) is 12.1 Å². The monoisotopic (exact) mass is 478 g/mol. The van der Waals surface area contributed by atoms with Crippen molar-refractivity contribution < 1.29 is 19.5 Å². The number of hydrogen-bond donors (Lipinski definition) is 3. The predicted octanol–water partition coefficient (Wildman–Crippen LogP) is 3.93. The first-order valence-corrected chi connectivity index (χ1v) is 11.5. The summed E-state index contributed by atoms with van der Waals surface area (Å²) in [7, 11) is 0. The lowest BCUT2D eigenvalue weighted by Crippen LogP contribution is -2.54. The minimum absolute atomic E-state index is 0.120. The summed E-state index contributed by atoms with van der Waals surface area (Å²) < 4.78 is 0. The highest BCUT2D eigenvalue weighted by Crippen LogP contribution is 2.39. The van der Waals surface area contributed by atoms with Crippen molar-refractivity contribution in [2.24, 2.45) is 5.73 Å². The van der Waals surface area contributed by atoms with E-state index in [1.807, 2.05) is 91.0 Å². The Bertz CT molecular complexity index is 1240. The van der Waals surface area contributed by atoms with Crippen LogP contribution in [-0.2, 0) is 21.4 Å². The molecule has 0 radical (unpaired) electrons. The first-order valence-electron chi connectivity index (χ1n) is 11.5. The molecule has 0 aromatic heterocycles. The zero-order valence-corrected chi connectivity index (χ0v) is 19.5. The molecule has 4 aromatic carbocycles. The maximum Gasteiger partial charge on any atom is 0.335 e.